The lowest BCUT2D eigenvalue weighted by Gasteiger charge is -2.08. The highest BCUT2D eigenvalue weighted by atomic mass is 16.5. The largest absolute Gasteiger partial charge is 0.494 e. The number of unbranched alkanes of at least 4 members (excludes halogenated alkanes) is 13. The maximum atomic E-state index is 12.4. The average molecular weight is 523 g/mol. The molecule has 0 spiro atoms. The van der Waals surface area contributed by atoms with Crippen LogP contribution in [0.25, 0.3) is 0 Å². The topological polar surface area (TPSA) is 61.8 Å². The van der Waals surface area contributed by atoms with Crippen LogP contribution in [0.2, 0.25) is 0 Å². The summed E-state index contributed by atoms with van der Waals surface area (Å²) >= 11 is 0. The van der Waals surface area contributed by atoms with E-state index in [1.165, 1.54) is 83.5 Å². The standard InChI is InChI=1S/C33H46O5/c1-4-5-6-7-8-9-10-11-12-13-14-15-16-17-26-36-29-20-18-28(19-21-29)33(35)38-31-24-22-30(23-25-31)37-32(34)27(2)3/h18-25H,2,4-17,26H2,1,3H3. The zero-order valence-corrected chi connectivity index (χ0v) is 23.5. The van der Waals surface area contributed by atoms with Gasteiger partial charge in [0, 0.05) is 5.57 Å². The number of carbonyl (C=O) groups is 2. The molecule has 0 aliphatic carbocycles. The molecule has 0 aromatic heterocycles. The average Bonchev–Trinajstić information content (AvgIpc) is 2.92. The molecule has 0 saturated carbocycles. The molecule has 2 rings (SSSR count). The van der Waals surface area contributed by atoms with Crippen LogP contribution in [0.4, 0.5) is 0 Å². The van der Waals surface area contributed by atoms with Crippen LogP contribution in [0.1, 0.15) is 114 Å². The highest BCUT2D eigenvalue weighted by Crippen LogP contribution is 2.21. The predicted octanol–water partition coefficient (Wildman–Crippen LogP) is 9.25. The molecule has 2 aromatic rings. The van der Waals surface area contributed by atoms with Crippen LogP contribution in [0, 0.1) is 0 Å². The second-order valence-electron chi connectivity index (χ2n) is 10.00. The lowest BCUT2D eigenvalue weighted by molar-refractivity contribution is -0.130. The summed E-state index contributed by atoms with van der Waals surface area (Å²) in [7, 11) is 0. The van der Waals surface area contributed by atoms with Gasteiger partial charge >= 0.3 is 11.9 Å². The number of rotatable bonds is 20. The maximum Gasteiger partial charge on any atom is 0.343 e. The number of esters is 2. The van der Waals surface area contributed by atoms with Gasteiger partial charge in [-0.15, -0.1) is 0 Å². The van der Waals surface area contributed by atoms with Crippen molar-refractivity contribution in [1.82, 2.24) is 0 Å². The van der Waals surface area contributed by atoms with E-state index in [0.717, 1.165) is 12.2 Å². The first-order chi connectivity index (χ1) is 18.5. The fourth-order valence-electron chi connectivity index (χ4n) is 4.11. The monoisotopic (exact) mass is 522 g/mol. The first-order valence-corrected chi connectivity index (χ1v) is 14.4. The lowest BCUT2D eigenvalue weighted by atomic mass is 10.0. The van der Waals surface area contributed by atoms with Gasteiger partial charge in [-0.3, -0.25) is 0 Å². The molecular formula is C33H46O5. The summed E-state index contributed by atoms with van der Waals surface area (Å²) in [5, 5.41) is 0. The third-order valence-electron chi connectivity index (χ3n) is 6.45. The van der Waals surface area contributed by atoms with E-state index in [0.29, 0.717) is 29.2 Å². The Morgan fingerprint density at radius 1 is 0.605 bits per heavy atom. The molecule has 0 bridgehead atoms. The molecule has 0 radical (unpaired) electrons. The molecule has 38 heavy (non-hydrogen) atoms. The van der Waals surface area contributed by atoms with Crippen LogP contribution in [0.5, 0.6) is 17.2 Å². The van der Waals surface area contributed by atoms with Crippen molar-refractivity contribution in [3.63, 3.8) is 0 Å². The van der Waals surface area contributed by atoms with Crippen LogP contribution in [-0.4, -0.2) is 18.5 Å². The van der Waals surface area contributed by atoms with E-state index < -0.39 is 11.9 Å². The van der Waals surface area contributed by atoms with Gasteiger partial charge in [-0.2, -0.15) is 0 Å². The molecule has 0 amide bonds. The second-order valence-corrected chi connectivity index (χ2v) is 10.00. The van der Waals surface area contributed by atoms with Gasteiger partial charge in [-0.05, 0) is 61.9 Å². The number of hydrogen-bond acceptors (Lipinski definition) is 5. The van der Waals surface area contributed by atoms with E-state index in [-0.39, 0.29) is 0 Å². The van der Waals surface area contributed by atoms with Crippen LogP contribution in [0.3, 0.4) is 0 Å². The van der Waals surface area contributed by atoms with Crippen molar-refractivity contribution < 1.29 is 23.8 Å². The maximum absolute atomic E-state index is 12.4. The van der Waals surface area contributed by atoms with Crippen LogP contribution in [0.15, 0.2) is 60.7 Å². The molecule has 5 heteroatoms. The molecule has 0 aliphatic heterocycles. The van der Waals surface area contributed by atoms with E-state index in [2.05, 4.69) is 13.5 Å². The normalized spacial score (nSPS) is 10.7. The smallest absolute Gasteiger partial charge is 0.343 e. The molecular weight excluding hydrogens is 476 g/mol. The molecule has 0 N–H and O–H groups in total. The van der Waals surface area contributed by atoms with Crippen molar-refractivity contribution >= 4 is 11.9 Å². The third kappa shape index (κ3) is 13.5. The zero-order valence-electron chi connectivity index (χ0n) is 23.5. The Hall–Kier alpha value is -3.08. The van der Waals surface area contributed by atoms with Gasteiger partial charge in [0.2, 0.25) is 0 Å². The Morgan fingerprint density at radius 2 is 1.03 bits per heavy atom. The lowest BCUT2D eigenvalue weighted by Crippen LogP contribution is -2.09. The van der Waals surface area contributed by atoms with Crippen molar-refractivity contribution in [2.24, 2.45) is 0 Å². The number of hydrogen-bond donors (Lipinski definition) is 0. The zero-order chi connectivity index (χ0) is 27.4. The Balaban J connectivity index is 1.53. The van der Waals surface area contributed by atoms with Crippen molar-refractivity contribution in [2.75, 3.05) is 6.61 Å². The SMILES string of the molecule is C=C(C)C(=O)Oc1ccc(OC(=O)c2ccc(OCCCCCCCCCCCCCCCC)cc2)cc1. The molecule has 208 valence electrons. The molecule has 0 atom stereocenters. The molecule has 2 aromatic carbocycles. The van der Waals surface area contributed by atoms with Gasteiger partial charge in [-0.25, -0.2) is 9.59 Å². The molecule has 0 aliphatic rings. The summed E-state index contributed by atoms with van der Waals surface area (Å²) in [6.45, 7) is 8.08. The van der Waals surface area contributed by atoms with Crippen molar-refractivity contribution in [1.29, 1.82) is 0 Å². The Morgan fingerprint density at radius 3 is 1.50 bits per heavy atom. The highest BCUT2D eigenvalue weighted by molar-refractivity contribution is 5.91. The van der Waals surface area contributed by atoms with Gasteiger partial charge in [0.1, 0.15) is 17.2 Å². The Labute approximate surface area is 229 Å². The van der Waals surface area contributed by atoms with Crippen LogP contribution >= 0.6 is 0 Å². The first-order valence-electron chi connectivity index (χ1n) is 14.4. The molecule has 0 saturated heterocycles. The summed E-state index contributed by atoms with van der Waals surface area (Å²) in [4.78, 5) is 24.0. The minimum Gasteiger partial charge on any atom is -0.494 e. The fourth-order valence-corrected chi connectivity index (χ4v) is 4.11. The van der Waals surface area contributed by atoms with Crippen LogP contribution in [-0.2, 0) is 4.79 Å². The minimum absolute atomic E-state index is 0.313. The highest BCUT2D eigenvalue weighted by Gasteiger charge is 2.10. The summed E-state index contributed by atoms with van der Waals surface area (Å²) in [5.41, 5.74) is 0.749. The number of carbonyl (C=O) groups excluding carboxylic acids is 2. The number of ether oxygens (including phenoxy) is 3. The van der Waals surface area contributed by atoms with E-state index >= 15 is 0 Å². The van der Waals surface area contributed by atoms with Crippen LogP contribution < -0.4 is 14.2 Å². The summed E-state index contributed by atoms with van der Waals surface area (Å²) in [6.07, 6.45) is 18.7. The van der Waals surface area contributed by atoms with Gasteiger partial charge in [-0.1, -0.05) is 97.0 Å². The Bertz CT molecular complexity index is 946. The minimum atomic E-state index is -0.499. The molecule has 0 fully saturated rings. The van der Waals surface area contributed by atoms with Gasteiger partial charge in [0.15, 0.2) is 0 Å². The summed E-state index contributed by atoms with van der Waals surface area (Å²) in [6, 6.07) is 13.3. The third-order valence-corrected chi connectivity index (χ3v) is 6.45. The van der Waals surface area contributed by atoms with E-state index in [4.69, 9.17) is 14.2 Å². The molecule has 5 nitrogen and oxygen atoms in total. The van der Waals surface area contributed by atoms with E-state index in [1.54, 1.807) is 55.5 Å². The van der Waals surface area contributed by atoms with E-state index in [9.17, 15) is 9.59 Å². The second kappa shape index (κ2) is 19.1. The van der Waals surface area contributed by atoms with Gasteiger partial charge in [0.05, 0.1) is 12.2 Å². The van der Waals surface area contributed by atoms with E-state index in [1.807, 2.05) is 0 Å². The predicted molar refractivity (Wildman–Crippen MR) is 154 cm³/mol. The summed E-state index contributed by atoms with van der Waals surface area (Å²) in [5.74, 6) is 0.512. The van der Waals surface area contributed by atoms with Crippen molar-refractivity contribution in [3.8, 4) is 17.2 Å². The number of benzene rings is 2. The quantitative estimate of drug-likeness (QED) is 0.0750. The first kappa shape index (κ1) is 31.1. The molecule has 0 heterocycles. The molecule has 0 unspecified atom stereocenters. The van der Waals surface area contributed by atoms with Crippen molar-refractivity contribution in [3.05, 3.63) is 66.2 Å². The van der Waals surface area contributed by atoms with Gasteiger partial charge < -0.3 is 14.2 Å². The fraction of sp³-hybridized carbons (Fsp3) is 0.515. The van der Waals surface area contributed by atoms with Gasteiger partial charge in [0.25, 0.3) is 0 Å². The summed E-state index contributed by atoms with van der Waals surface area (Å²) < 4.78 is 16.4. The Kier molecular flexibility index (Phi) is 15.6. The van der Waals surface area contributed by atoms with Crippen molar-refractivity contribution in [2.45, 2.75) is 104 Å².